The van der Waals surface area contributed by atoms with E-state index in [1.807, 2.05) is 6.92 Å². The van der Waals surface area contributed by atoms with E-state index in [0.717, 1.165) is 32.1 Å². The smallest absolute Gasteiger partial charge is 0.396 e. The number of halogens is 4. The van der Waals surface area contributed by atoms with Crippen molar-refractivity contribution in [2.45, 2.75) is 75.1 Å². The van der Waals surface area contributed by atoms with Crippen molar-refractivity contribution in [3.8, 4) is 0 Å². The molecule has 1 saturated carbocycles. The van der Waals surface area contributed by atoms with Crippen LogP contribution in [0.4, 0.5) is 17.6 Å². The van der Waals surface area contributed by atoms with Crippen LogP contribution in [0.5, 0.6) is 0 Å². The molecular weight excluding hydrogens is 408 g/mol. The first-order valence-electron chi connectivity index (χ1n) is 8.98. The summed E-state index contributed by atoms with van der Waals surface area (Å²) in [4.78, 5) is 12.1. The zero-order chi connectivity index (χ0) is 21.6. The third kappa shape index (κ3) is 6.15. The predicted octanol–water partition coefficient (Wildman–Crippen LogP) is 3.77. The van der Waals surface area contributed by atoms with Crippen LogP contribution >= 0.6 is 0 Å². The van der Waals surface area contributed by atoms with Crippen molar-refractivity contribution in [3.63, 3.8) is 0 Å². The molecule has 6 nitrogen and oxygen atoms in total. The fourth-order valence-corrected chi connectivity index (χ4v) is 3.44. The molecule has 0 aliphatic heterocycles. The fraction of sp³-hybridized carbons (Fsp3) is 0.824. The number of carbonyl (C=O) groups excluding carboxylic acids is 1. The lowest BCUT2D eigenvalue weighted by atomic mass is 9.82. The molecule has 0 unspecified atom stereocenters. The molecule has 0 amide bonds. The molecule has 28 heavy (non-hydrogen) atoms. The number of carbonyl (C=O) groups is 1. The van der Waals surface area contributed by atoms with Crippen molar-refractivity contribution in [1.29, 1.82) is 0 Å². The second kappa shape index (κ2) is 9.53. The van der Waals surface area contributed by atoms with Crippen LogP contribution in [0.15, 0.2) is 12.2 Å². The van der Waals surface area contributed by atoms with Crippen molar-refractivity contribution >= 4 is 16.1 Å². The van der Waals surface area contributed by atoms with E-state index in [9.17, 15) is 35.3 Å². The zero-order valence-corrected chi connectivity index (χ0v) is 16.5. The zero-order valence-electron chi connectivity index (χ0n) is 15.6. The van der Waals surface area contributed by atoms with Crippen LogP contribution in [0.1, 0.15) is 58.3 Å². The summed E-state index contributed by atoms with van der Waals surface area (Å²) in [5.41, 5.74) is -0.590. The van der Waals surface area contributed by atoms with Crippen molar-refractivity contribution in [1.82, 2.24) is 0 Å². The summed E-state index contributed by atoms with van der Waals surface area (Å²) in [6.45, 7) is 4.62. The minimum atomic E-state index is -6.50. The van der Waals surface area contributed by atoms with E-state index in [2.05, 4.69) is 6.58 Å². The largest absolute Gasteiger partial charge is 0.743 e. The Morgan fingerprint density at radius 2 is 1.75 bits per heavy atom. The molecule has 11 heteroatoms. The van der Waals surface area contributed by atoms with Gasteiger partial charge in [0.1, 0.15) is 5.60 Å². The van der Waals surface area contributed by atoms with Gasteiger partial charge in [0, 0.05) is 13.0 Å². The van der Waals surface area contributed by atoms with Crippen LogP contribution in [0.25, 0.3) is 0 Å². The van der Waals surface area contributed by atoms with Gasteiger partial charge in [-0.15, -0.1) is 0 Å². The van der Waals surface area contributed by atoms with Crippen molar-refractivity contribution in [2.24, 2.45) is 0 Å². The van der Waals surface area contributed by atoms with Crippen molar-refractivity contribution < 1.29 is 44.8 Å². The van der Waals surface area contributed by atoms with E-state index in [0.29, 0.717) is 6.42 Å². The lowest BCUT2D eigenvalue weighted by Crippen LogP contribution is -2.46. The minimum absolute atomic E-state index is 0.0439. The van der Waals surface area contributed by atoms with Crippen molar-refractivity contribution in [3.05, 3.63) is 12.2 Å². The molecule has 0 atom stereocenters. The number of rotatable bonds is 11. The lowest BCUT2D eigenvalue weighted by molar-refractivity contribution is -0.166. The van der Waals surface area contributed by atoms with Crippen LogP contribution in [0.3, 0.4) is 0 Å². The van der Waals surface area contributed by atoms with Gasteiger partial charge in [-0.3, -0.25) is 0 Å². The van der Waals surface area contributed by atoms with Gasteiger partial charge in [0.2, 0.25) is 0 Å². The molecule has 0 bridgehead atoms. The van der Waals surface area contributed by atoms with Crippen LogP contribution in [0, 0.1) is 0 Å². The highest BCUT2D eigenvalue weighted by Gasteiger charge is 2.60. The van der Waals surface area contributed by atoms with E-state index < -0.39 is 52.3 Å². The molecular formula is C17H25F4O6S-. The first kappa shape index (κ1) is 24.8. The molecule has 1 aliphatic rings. The number of hydrogen-bond acceptors (Lipinski definition) is 6. The van der Waals surface area contributed by atoms with Gasteiger partial charge in [-0.25, -0.2) is 13.2 Å². The number of ether oxygens (including phenoxy) is 2. The first-order chi connectivity index (χ1) is 12.8. The fourth-order valence-electron chi connectivity index (χ4n) is 2.97. The number of hydrogen-bond donors (Lipinski definition) is 0. The molecule has 0 saturated heterocycles. The topological polar surface area (TPSA) is 92.7 Å². The maximum absolute atomic E-state index is 13.3. The first-order valence-corrected chi connectivity index (χ1v) is 10.4. The third-order valence-corrected chi connectivity index (χ3v) is 5.73. The van der Waals surface area contributed by atoms with Gasteiger partial charge >= 0.3 is 17.1 Å². The molecule has 1 fully saturated rings. The van der Waals surface area contributed by atoms with Crippen LogP contribution < -0.4 is 0 Å². The average molecular weight is 433 g/mol. The summed E-state index contributed by atoms with van der Waals surface area (Å²) >= 11 is 0. The summed E-state index contributed by atoms with van der Waals surface area (Å²) < 4.78 is 93.9. The standard InChI is InChI=1S/C17H26F4O6S/c1-3-15(8-5-4-6-9-15)27-14(22)13(2)12-26-11-7-10-16(18,19)17(20,21)28(23,24)25/h2-12H2,1H3,(H,23,24,25)/p-1. The maximum Gasteiger partial charge on any atom is 0.396 e. The van der Waals surface area contributed by atoms with Gasteiger partial charge in [0.25, 0.3) is 0 Å². The molecule has 0 aromatic heterocycles. The molecule has 0 spiro atoms. The van der Waals surface area contributed by atoms with E-state index in [-0.39, 0.29) is 12.2 Å². The predicted molar refractivity (Wildman–Crippen MR) is 91.0 cm³/mol. The third-order valence-electron chi connectivity index (χ3n) is 4.80. The Bertz CT molecular complexity index is 657. The molecule has 0 aromatic rings. The van der Waals surface area contributed by atoms with E-state index in [1.165, 1.54) is 0 Å². The Morgan fingerprint density at radius 3 is 2.25 bits per heavy atom. The Balaban J connectivity index is 2.41. The van der Waals surface area contributed by atoms with Gasteiger partial charge in [-0.2, -0.15) is 17.6 Å². The van der Waals surface area contributed by atoms with Gasteiger partial charge in [-0.1, -0.05) is 19.9 Å². The summed E-state index contributed by atoms with van der Waals surface area (Å²) in [6, 6.07) is 0. The van der Waals surface area contributed by atoms with E-state index >= 15 is 0 Å². The number of alkyl halides is 4. The van der Waals surface area contributed by atoms with Crippen LogP contribution in [-0.2, 0) is 24.4 Å². The second-order valence-electron chi connectivity index (χ2n) is 6.92. The van der Waals surface area contributed by atoms with Crippen LogP contribution in [-0.4, -0.2) is 48.9 Å². The number of esters is 1. The Labute approximate surface area is 162 Å². The highest BCUT2D eigenvalue weighted by molar-refractivity contribution is 7.86. The highest BCUT2D eigenvalue weighted by atomic mass is 32.2. The summed E-state index contributed by atoms with van der Waals surface area (Å²) in [5.74, 6) is -5.69. The Morgan fingerprint density at radius 1 is 1.18 bits per heavy atom. The van der Waals surface area contributed by atoms with Gasteiger partial charge in [-0.05, 0) is 38.5 Å². The second-order valence-corrected chi connectivity index (χ2v) is 8.34. The SMILES string of the molecule is C=C(COCCCC(F)(F)C(F)(F)S(=O)(=O)[O-])C(=O)OC1(CC)CCCCC1. The van der Waals surface area contributed by atoms with Gasteiger partial charge in [0.05, 0.1) is 12.2 Å². The van der Waals surface area contributed by atoms with Gasteiger partial charge in [0.15, 0.2) is 10.1 Å². The molecule has 0 radical (unpaired) electrons. The van der Waals surface area contributed by atoms with Crippen molar-refractivity contribution in [2.75, 3.05) is 13.2 Å². The van der Waals surface area contributed by atoms with Gasteiger partial charge < -0.3 is 14.0 Å². The van der Waals surface area contributed by atoms with Crippen LogP contribution in [0.2, 0.25) is 0 Å². The van der Waals surface area contributed by atoms with E-state index in [4.69, 9.17) is 9.47 Å². The maximum atomic E-state index is 13.3. The van der Waals surface area contributed by atoms with E-state index in [1.54, 1.807) is 0 Å². The molecule has 0 aromatic carbocycles. The molecule has 164 valence electrons. The highest BCUT2D eigenvalue weighted by Crippen LogP contribution is 2.41. The average Bonchev–Trinajstić information content (AvgIpc) is 2.60. The minimum Gasteiger partial charge on any atom is -0.743 e. The molecule has 0 N–H and O–H groups in total. The lowest BCUT2D eigenvalue weighted by Gasteiger charge is -2.36. The molecule has 1 rings (SSSR count). The molecule has 1 aliphatic carbocycles. The Kier molecular flexibility index (Phi) is 8.46. The summed E-state index contributed by atoms with van der Waals surface area (Å²) in [6.07, 6.45) is 2.88. The Hall–Kier alpha value is -1.20. The summed E-state index contributed by atoms with van der Waals surface area (Å²) in [5, 5.41) is -5.71. The normalized spacial score (nSPS) is 17.9. The quantitative estimate of drug-likeness (QED) is 0.162. The monoisotopic (exact) mass is 433 g/mol. The molecule has 0 heterocycles. The summed E-state index contributed by atoms with van der Waals surface area (Å²) in [7, 11) is -6.50.